The predicted molar refractivity (Wildman–Crippen MR) is 36.1 cm³/mol. The molecule has 0 aromatic rings. The second kappa shape index (κ2) is 3.47. The minimum absolute atomic E-state index is 0.111. The molecule has 0 unspecified atom stereocenters. The fourth-order valence-corrected chi connectivity index (χ4v) is 0.607. The number of nitrogens with zero attached hydrogens (tertiary/aromatic N) is 2. The van der Waals surface area contributed by atoms with E-state index in [1.807, 2.05) is 0 Å². The minimum Gasteiger partial charge on any atom is -0.244 e. The van der Waals surface area contributed by atoms with Gasteiger partial charge in [0.15, 0.2) is 0 Å². The maximum Gasteiger partial charge on any atom is 0.368 e. The molecule has 0 saturated heterocycles. The van der Waals surface area contributed by atoms with Crippen LogP contribution in [0.25, 0.3) is 0 Å². The highest BCUT2D eigenvalue weighted by molar-refractivity contribution is 8.12. The number of rotatable bonds is 1. The fourth-order valence-electron chi connectivity index (χ4n) is 0.203. The van der Waals surface area contributed by atoms with Crippen LogP contribution in [-0.2, 0) is 14.0 Å². The molecule has 0 aliphatic heterocycles. The summed E-state index contributed by atoms with van der Waals surface area (Å²) in [7, 11) is 1.43. The Labute approximate surface area is 67.0 Å². The first-order valence-electron chi connectivity index (χ1n) is 2.20. The first kappa shape index (κ1) is 10.1. The largest absolute Gasteiger partial charge is 0.368 e. The molecule has 0 aromatic carbocycles. The van der Waals surface area contributed by atoms with Gasteiger partial charge in [-0.1, -0.05) is 0 Å². The molecule has 0 bridgehead atoms. The van der Waals surface area contributed by atoms with E-state index in [4.69, 9.17) is 10.7 Å². The summed E-state index contributed by atoms with van der Waals surface area (Å²) in [5.41, 5.74) is 0. The second-order valence-corrected chi connectivity index (χ2v) is 3.94. The van der Waals surface area contributed by atoms with Crippen molar-refractivity contribution in [1.29, 1.82) is 0 Å². The third-order valence-corrected chi connectivity index (χ3v) is 2.17. The summed E-state index contributed by atoms with van der Waals surface area (Å²) in [6.45, 7) is 0. The van der Waals surface area contributed by atoms with E-state index in [1.54, 1.807) is 0 Å². The summed E-state index contributed by atoms with van der Waals surface area (Å²) in [6.07, 6.45) is 0.881. The molecule has 0 saturated carbocycles. The highest BCUT2D eigenvalue weighted by Gasteiger charge is 2.19. The van der Waals surface area contributed by atoms with Crippen molar-refractivity contribution >= 4 is 32.0 Å². The maximum absolute atomic E-state index is 10.4. The number of amides is 2. The fraction of sp³-hybridized carbons (Fsp3) is 0.333. The molecule has 0 radical (unpaired) electrons. The maximum atomic E-state index is 10.4. The van der Waals surface area contributed by atoms with Crippen molar-refractivity contribution in [2.75, 3.05) is 7.05 Å². The molecule has 0 aromatic heterocycles. The normalized spacial score (nSPS) is 10.0. The Morgan fingerprint density at radius 3 is 2.36 bits per heavy atom. The number of carbonyl (C=O) groups is 1. The first-order valence-corrected chi connectivity index (χ1v) is 4.46. The Morgan fingerprint density at radius 1 is 1.64 bits per heavy atom. The van der Waals surface area contributed by atoms with Gasteiger partial charge in [-0.15, -0.1) is 4.99 Å². The van der Waals surface area contributed by atoms with Crippen molar-refractivity contribution in [3.05, 3.63) is 0 Å². The van der Waals surface area contributed by atoms with Gasteiger partial charge in [0, 0.05) is 17.7 Å². The van der Waals surface area contributed by atoms with Crippen molar-refractivity contribution in [3.8, 4) is 0 Å². The van der Waals surface area contributed by atoms with E-state index in [1.165, 1.54) is 0 Å². The third-order valence-electron chi connectivity index (χ3n) is 0.738. The van der Waals surface area contributed by atoms with Crippen LogP contribution in [0.2, 0.25) is 0 Å². The van der Waals surface area contributed by atoms with Gasteiger partial charge >= 0.3 is 15.3 Å². The highest BCUT2D eigenvalue weighted by Crippen LogP contribution is 2.03. The Hall–Kier alpha value is -0.910. The molecule has 11 heavy (non-hydrogen) atoms. The number of carbonyl (C=O) groups excluding carboxylic acids is 2. The molecule has 62 valence electrons. The molecule has 0 spiro atoms. The molecule has 0 aliphatic rings. The third kappa shape index (κ3) is 3.13. The monoisotopic (exact) mass is 198 g/mol. The smallest absolute Gasteiger partial charge is 0.244 e. The topological polar surface area (TPSA) is 83.9 Å². The lowest BCUT2D eigenvalue weighted by molar-refractivity contribution is 0.238. The first-order chi connectivity index (χ1) is 4.89. The van der Waals surface area contributed by atoms with Crippen LogP contribution in [0.1, 0.15) is 0 Å². The zero-order valence-electron chi connectivity index (χ0n) is 5.31. The van der Waals surface area contributed by atoms with E-state index in [2.05, 4.69) is 4.99 Å². The van der Waals surface area contributed by atoms with Crippen LogP contribution < -0.4 is 0 Å². The van der Waals surface area contributed by atoms with Gasteiger partial charge in [-0.05, 0) is 0 Å². The van der Waals surface area contributed by atoms with Gasteiger partial charge in [-0.25, -0.2) is 13.9 Å². The Bertz CT molecular complexity index is 303. The number of hydrogen-bond acceptors (Lipinski definition) is 4. The average molecular weight is 199 g/mol. The van der Waals surface area contributed by atoms with Crippen molar-refractivity contribution in [2.45, 2.75) is 0 Å². The van der Waals surface area contributed by atoms with E-state index < -0.39 is 15.3 Å². The molecular formula is C3H3ClN2O4S. The average Bonchev–Trinajstić information content (AvgIpc) is 1.85. The van der Waals surface area contributed by atoms with Crippen molar-refractivity contribution in [1.82, 2.24) is 4.31 Å². The SMILES string of the molecule is CN(C(=O)N=C=O)S(=O)(=O)Cl. The second-order valence-electron chi connectivity index (χ2n) is 1.40. The van der Waals surface area contributed by atoms with Crippen LogP contribution in [0.15, 0.2) is 4.99 Å². The van der Waals surface area contributed by atoms with E-state index in [9.17, 15) is 18.0 Å². The zero-order chi connectivity index (χ0) is 9.07. The van der Waals surface area contributed by atoms with Crippen LogP contribution in [0, 0.1) is 0 Å². The number of hydrogen-bond donors (Lipinski definition) is 0. The molecule has 2 amide bonds. The molecule has 0 atom stereocenters. The highest BCUT2D eigenvalue weighted by atomic mass is 35.7. The Morgan fingerprint density at radius 2 is 2.09 bits per heavy atom. The van der Waals surface area contributed by atoms with Gasteiger partial charge in [0.25, 0.3) is 0 Å². The summed E-state index contributed by atoms with van der Waals surface area (Å²) < 4.78 is 20.8. The van der Waals surface area contributed by atoms with Gasteiger partial charge in [-0.2, -0.15) is 8.42 Å². The summed E-state index contributed by atoms with van der Waals surface area (Å²) in [5, 5.41) is 0. The molecule has 0 aliphatic carbocycles. The van der Waals surface area contributed by atoms with Crippen LogP contribution in [-0.4, -0.2) is 31.9 Å². The van der Waals surface area contributed by atoms with Crippen LogP contribution in [0.4, 0.5) is 4.79 Å². The van der Waals surface area contributed by atoms with E-state index in [-0.39, 0.29) is 4.31 Å². The van der Waals surface area contributed by atoms with Gasteiger partial charge in [0.05, 0.1) is 0 Å². The minimum atomic E-state index is -4.14. The number of urea groups is 1. The van der Waals surface area contributed by atoms with Crippen LogP contribution in [0.3, 0.4) is 0 Å². The zero-order valence-corrected chi connectivity index (χ0v) is 6.89. The Balaban J connectivity index is 4.65. The van der Waals surface area contributed by atoms with Crippen LogP contribution >= 0.6 is 10.7 Å². The molecule has 8 heteroatoms. The predicted octanol–water partition coefficient (Wildman–Crippen LogP) is -0.142. The Kier molecular flexibility index (Phi) is 3.18. The summed E-state index contributed by atoms with van der Waals surface area (Å²) >= 11 is 0. The number of isocyanates is 1. The lowest BCUT2D eigenvalue weighted by Crippen LogP contribution is -2.26. The van der Waals surface area contributed by atoms with E-state index in [0.29, 0.717) is 0 Å². The van der Waals surface area contributed by atoms with E-state index in [0.717, 1.165) is 13.1 Å². The summed E-state index contributed by atoms with van der Waals surface area (Å²) in [4.78, 5) is 22.4. The number of halogens is 1. The molecule has 6 nitrogen and oxygen atoms in total. The molecule has 0 N–H and O–H groups in total. The van der Waals surface area contributed by atoms with E-state index >= 15 is 0 Å². The van der Waals surface area contributed by atoms with Crippen molar-refractivity contribution < 1.29 is 18.0 Å². The quantitative estimate of drug-likeness (QED) is 0.333. The van der Waals surface area contributed by atoms with Crippen LogP contribution in [0.5, 0.6) is 0 Å². The van der Waals surface area contributed by atoms with Gasteiger partial charge in [-0.3, -0.25) is 0 Å². The lowest BCUT2D eigenvalue weighted by atomic mass is 11.0. The van der Waals surface area contributed by atoms with Gasteiger partial charge in [0.1, 0.15) is 0 Å². The lowest BCUT2D eigenvalue weighted by Gasteiger charge is -2.06. The van der Waals surface area contributed by atoms with Crippen molar-refractivity contribution in [3.63, 3.8) is 0 Å². The summed E-state index contributed by atoms with van der Waals surface area (Å²) in [6, 6.07) is -1.28. The number of aliphatic imine (C=N–C) groups is 1. The molecule has 0 rings (SSSR count). The van der Waals surface area contributed by atoms with Crippen molar-refractivity contribution in [2.24, 2.45) is 4.99 Å². The standard InChI is InChI=1S/C3H3ClN2O4S/c1-6(11(4,9)10)3(8)5-2-7/h1H3. The van der Waals surface area contributed by atoms with Gasteiger partial charge < -0.3 is 0 Å². The summed E-state index contributed by atoms with van der Waals surface area (Å²) in [5.74, 6) is 0. The molecule has 0 heterocycles. The van der Waals surface area contributed by atoms with Gasteiger partial charge in [0.2, 0.25) is 6.08 Å². The molecule has 0 fully saturated rings. The molecular weight excluding hydrogens is 196 g/mol.